The zero-order valence-corrected chi connectivity index (χ0v) is 12.2. The van der Waals surface area contributed by atoms with E-state index in [9.17, 15) is 18.0 Å². The summed E-state index contributed by atoms with van der Waals surface area (Å²) in [6, 6.07) is 7.74. The lowest BCUT2D eigenvalue weighted by Gasteiger charge is -2.09. The second kappa shape index (κ2) is 5.66. The minimum Gasteiger partial charge on any atom is -0.319 e. The van der Waals surface area contributed by atoms with Crippen LogP contribution in [0, 0.1) is 0 Å². The third-order valence-electron chi connectivity index (χ3n) is 3.25. The van der Waals surface area contributed by atoms with Crippen molar-refractivity contribution in [3.8, 4) is 0 Å². The minimum absolute atomic E-state index is 0.0584. The van der Waals surface area contributed by atoms with Crippen LogP contribution in [0.4, 0.5) is 13.2 Å². The Labute approximate surface area is 133 Å². The SMILES string of the molecule is O=c1[nH]c2ccccc2nc1Cc1ncc(C(F)(F)F)cc1Cl. The Kier molecular flexibility index (Phi) is 3.81. The molecule has 8 heteroatoms. The average Bonchev–Trinajstić information content (AvgIpc) is 2.49. The standard InChI is InChI=1S/C15H9ClF3N3O/c16-9-5-8(15(17,18)19)7-20-12(9)6-13-14(23)22-11-4-2-1-3-10(11)21-13/h1-5,7H,6H2,(H,22,23). The normalized spacial score (nSPS) is 11.8. The molecular formula is C15H9ClF3N3O. The summed E-state index contributed by atoms with van der Waals surface area (Å²) in [6.45, 7) is 0. The van der Waals surface area contributed by atoms with Crippen LogP contribution in [-0.4, -0.2) is 15.0 Å². The van der Waals surface area contributed by atoms with Gasteiger partial charge in [-0.1, -0.05) is 23.7 Å². The number of hydrogen-bond donors (Lipinski definition) is 1. The zero-order valence-electron chi connectivity index (χ0n) is 11.5. The molecule has 0 aliphatic heterocycles. The molecule has 3 aromatic rings. The van der Waals surface area contributed by atoms with Crippen LogP contribution in [0.25, 0.3) is 11.0 Å². The number of H-pyrrole nitrogens is 1. The zero-order chi connectivity index (χ0) is 16.6. The Morgan fingerprint density at radius 3 is 2.61 bits per heavy atom. The second-order valence-corrected chi connectivity index (χ2v) is 5.26. The quantitative estimate of drug-likeness (QED) is 0.776. The van der Waals surface area contributed by atoms with E-state index in [1.54, 1.807) is 24.3 Å². The number of nitrogens with zero attached hydrogens (tertiary/aromatic N) is 2. The lowest BCUT2D eigenvalue weighted by atomic mass is 10.2. The maximum Gasteiger partial charge on any atom is 0.417 e. The van der Waals surface area contributed by atoms with Crippen molar-refractivity contribution >= 4 is 22.6 Å². The molecule has 0 atom stereocenters. The molecule has 0 amide bonds. The van der Waals surface area contributed by atoms with Gasteiger partial charge in [-0.25, -0.2) is 4.98 Å². The van der Waals surface area contributed by atoms with Gasteiger partial charge in [-0.05, 0) is 18.2 Å². The molecule has 2 aromatic heterocycles. The number of alkyl halides is 3. The summed E-state index contributed by atoms with van der Waals surface area (Å²) in [4.78, 5) is 22.6. The largest absolute Gasteiger partial charge is 0.417 e. The molecule has 0 saturated heterocycles. The number of fused-ring (bicyclic) bond motifs is 1. The van der Waals surface area contributed by atoms with Crippen LogP contribution in [0.2, 0.25) is 5.02 Å². The molecule has 0 unspecified atom stereocenters. The van der Waals surface area contributed by atoms with Gasteiger partial charge < -0.3 is 4.98 Å². The van der Waals surface area contributed by atoms with Gasteiger partial charge in [-0.2, -0.15) is 13.2 Å². The van der Waals surface area contributed by atoms with Gasteiger partial charge in [0, 0.05) is 12.6 Å². The van der Waals surface area contributed by atoms with E-state index in [1.165, 1.54) is 0 Å². The van der Waals surface area contributed by atoms with Crippen molar-refractivity contribution in [2.24, 2.45) is 0 Å². The van der Waals surface area contributed by atoms with Gasteiger partial charge in [0.25, 0.3) is 5.56 Å². The first-order valence-corrected chi connectivity index (χ1v) is 6.92. The Bertz CT molecular complexity index is 937. The van der Waals surface area contributed by atoms with E-state index >= 15 is 0 Å². The van der Waals surface area contributed by atoms with E-state index in [0.717, 1.165) is 6.07 Å². The summed E-state index contributed by atoms with van der Waals surface area (Å²) in [5, 5.41) is -0.158. The highest BCUT2D eigenvalue weighted by molar-refractivity contribution is 6.31. The third-order valence-corrected chi connectivity index (χ3v) is 3.58. The van der Waals surface area contributed by atoms with E-state index in [4.69, 9.17) is 11.6 Å². The van der Waals surface area contributed by atoms with Crippen molar-refractivity contribution in [1.82, 2.24) is 15.0 Å². The molecule has 0 bridgehead atoms. The van der Waals surface area contributed by atoms with Crippen LogP contribution in [0.1, 0.15) is 17.0 Å². The highest BCUT2D eigenvalue weighted by Crippen LogP contribution is 2.31. The number of pyridine rings is 1. The molecule has 23 heavy (non-hydrogen) atoms. The first-order valence-electron chi connectivity index (χ1n) is 6.54. The van der Waals surface area contributed by atoms with Gasteiger partial charge in [0.1, 0.15) is 5.69 Å². The van der Waals surface area contributed by atoms with Gasteiger partial charge in [0.2, 0.25) is 0 Å². The Morgan fingerprint density at radius 2 is 1.91 bits per heavy atom. The van der Waals surface area contributed by atoms with Crippen molar-refractivity contribution in [2.75, 3.05) is 0 Å². The van der Waals surface area contributed by atoms with Crippen LogP contribution in [0.5, 0.6) is 0 Å². The highest BCUT2D eigenvalue weighted by Gasteiger charge is 2.31. The molecule has 1 aromatic carbocycles. The highest BCUT2D eigenvalue weighted by atomic mass is 35.5. The number of hydrogen-bond acceptors (Lipinski definition) is 3. The molecule has 2 heterocycles. The first-order chi connectivity index (χ1) is 10.8. The fourth-order valence-electron chi connectivity index (χ4n) is 2.10. The monoisotopic (exact) mass is 339 g/mol. The summed E-state index contributed by atoms with van der Waals surface area (Å²) >= 11 is 5.85. The Balaban J connectivity index is 1.99. The van der Waals surface area contributed by atoms with Crippen molar-refractivity contribution in [3.63, 3.8) is 0 Å². The summed E-state index contributed by atoms with van der Waals surface area (Å²) in [5.41, 5.74) is 0.0803. The maximum atomic E-state index is 12.6. The topological polar surface area (TPSA) is 58.6 Å². The number of nitrogens with one attached hydrogen (secondary N) is 1. The van der Waals surface area contributed by atoms with E-state index in [1.807, 2.05) is 0 Å². The summed E-state index contributed by atoms with van der Waals surface area (Å²) in [5.74, 6) is 0. The summed E-state index contributed by atoms with van der Waals surface area (Å²) in [6.07, 6.45) is -3.89. The number of para-hydroxylation sites is 2. The van der Waals surface area contributed by atoms with Crippen molar-refractivity contribution in [2.45, 2.75) is 12.6 Å². The van der Waals surface area contributed by atoms with E-state index < -0.39 is 17.3 Å². The van der Waals surface area contributed by atoms with Gasteiger partial charge >= 0.3 is 6.18 Å². The maximum absolute atomic E-state index is 12.6. The third kappa shape index (κ3) is 3.19. The van der Waals surface area contributed by atoms with Gasteiger partial charge in [0.15, 0.2) is 0 Å². The van der Waals surface area contributed by atoms with Crippen molar-refractivity contribution in [1.29, 1.82) is 0 Å². The van der Waals surface area contributed by atoms with Gasteiger partial charge in [0.05, 0.1) is 27.3 Å². The lowest BCUT2D eigenvalue weighted by Crippen LogP contribution is -2.16. The van der Waals surface area contributed by atoms with E-state index in [0.29, 0.717) is 17.2 Å². The molecule has 3 rings (SSSR count). The van der Waals surface area contributed by atoms with Crippen LogP contribution < -0.4 is 5.56 Å². The second-order valence-electron chi connectivity index (χ2n) is 4.86. The van der Waals surface area contributed by atoms with E-state index in [-0.39, 0.29) is 22.8 Å². The Hall–Kier alpha value is -2.41. The average molecular weight is 340 g/mol. The van der Waals surface area contributed by atoms with Crippen LogP contribution in [-0.2, 0) is 12.6 Å². The predicted molar refractivity (Wildman–Crippen MR) is 79.4 cm³/mol. The lowest BCUT2D eigenvalue weighted by molar-refractivity contribution is -0.137. The fraction of sp³-hybridized carbons (Fsp3) is 0.133. The van der Waals surface area contributed by atoms with Gasteiger partial charge in [-0.3, -0.25) is 9.78 Å². The first kappa shape index (κ1) is 15.5. The molecule has 0 saturated carbocycles. The van der Waals surface area contributed by atoms with Crippen LogP contribution >= 0.6 is 11.6 Å². The minimum atomic E-state index is -4.52. The van der Waals surface area contributed by atoms with Gasteiger partial charge in [-0.15, -0.1) is 0 Å². The van der Waals surface area contributed by atoms with Crippen molar-refractivity contribution in [3.05, 3.63) is 68.9 Å². The number of halogens is 4. The molecule has 118 valence electrons. The molecule has 0 aliphatic carbocycles. The molecule has 0 radical (unpaired) electrons. The van der Waals surface area contributed by atoms with E-state index in [2.05, 4.69) is 15.0 Å². The molecule has 1 N–H and O–H groups in total. The molecule has 0 spiro atoms. The Morgan fingerprint density at radius 1 is 1.17 bits per heavy atom. The van der Waals surface area contributed by atoms with Crippen LogP contribution in [0.15, 0.2) is 41.3 Å². The predicted octanol–water partition coefficient (Wildman–Crippen LogP) is 3.58. The number of aromatic nitrogens is 3. The smallest absolute Gasteiger partial charge is 0.319 e. The number of aromatic amines is 1. The summed E-state index contributed by atoms with van der Waals surface area (Å²) < 4.78 is 37.8. The molecule has 0 aliphatic rings. The molecule has 0 fully saturated rings. The number of benzene rings is 1. The molecule has 4 nitrogen and oxygen atoms in total. The summed E-state index contributed by atoms with van der Waals surface area (Å²) in [7, 11) is 0. The molecular weight excluding hydrogens is 331 g/mol. The van der Waals surface area contributed by atoms with Crippen molar-refractivity contribution < 1.29 is 13.2 Å². The van der Waals surface area contributed by atoms with Crippen LogP contribution in [0.3, 0.4) is 0 Å². The fourth-order valence-corrected chi connectivity index (χ4v) is 2.33. The number of rotatable bonds is 2.